The fourth-order valence-corrected chi connectivity index (χ4v) is 13.1. The predicted molar refractivity (Wildman–Crippen MR) is 434 cm³/mol. The van der Waals surface area contributed by atoms with Gasteiger partial charge in [0.05, 0.1) is 27.7 Å². The van der Waals surface area contributed by atoms with Crippen molar-refractivity contribution in [1.82, 2.24) is 0 Å². The lowest BCUT2D eigenvalue weighted by atomic mass is 10.0. The minimum absolute atomic E-state index is 0.0334. The second-order valence-corrected chi connectivity index (χ2v) is 31.2. The van der Waals surface area contributed by atoms with Gasteiger partial charge in [0, 0.05) is 12.8 Å². The molecule has 0 heterocycles. The minimum Gasteiger partial charge on any atom is -0.756 e. The first kappa shape index (κ1) is 96.7. The van der Waals surface area contributed by atoms with Crippen molar-refractivity contribution in [2.75, 3.05) is 47.5 Å². The molecule has 9 nitrogen and oxygen atoms in total. The molecule has 0 N–H and O–H groups in total. The van der Waals surface area contributed by atoms with Crippen molar-refractivity contribution >= 4 is 19.8 Å². The van der Waals surface area contributed by atoms with Crippen molar-refractivity contribution < 1.29 is 42.1 Å². The van der Waals surface area contributed by atoms with Crippen LogP contribution in [0.15, 0.2) is 109 Å². The summed E-state index contributed by atoms with van der Waals surface area (Å²) in [6, 6.07) is 0. The van der Waals surface area contributed by atoms with Crippen molar-refractivity contribution in [3.05, 3.63) is 109 Å². The van der Waals surface area contributed by atoms with E-state index in [1.165, 1.54) is 263 Å². The maximum Gasteiger partial charge on any atom is 0.306 e. The van der Waals surface area contributed by atoms with E-state index in [9.17, 15) is 19.0 Å². The number of phosphoric ester groups is 1. The lowest BCUT2D eigenvalue weighted by Gasteiger charge is -2.28. The predicted octanol–water partition coefficient (Wildman–Crippen LogP) is 28.1. The lowest BCUT2D eigenvalue weighted by molar-refractivity contribution is -0.870. The van der Waals surface area contributed by atoms with Crippen LogP contribution in [0.25, 0.3) is 0 Å². The van der Waals surface area contributed by atoms with Gasteiger partial charge < -0.3 is 27.9 Å². The Morgan fingerprint density at radius 2 is 0.570 bits per heavy atom. The van der Waals surface area contributed by atoms with E-state index in [0.29, 0.717) is 17.4 Å². The number of carbonyl (C=O) groups excluding carboxylic acids is 2. The molecule has 0 aromatic heterocycles. The van der Waals surface area contributed by atoms with E-state index < -0.39 is 26.5 Å². The van der Waals surface area contributed by atoms with Gasteiger partial charge in [-0.05, 0) is 83.5 Å². The zero-order chi connectivity index (χ0) is 72.5. The molecule has 0 aliphatic carbocycles. The van der Waals surface area contributed by atoms with Crippen LogP contribution in [0.3, 0.4) is 0 Å². The molecule has 0 saturated heterocycles. The Hall–Kier alpha value is -3.33. The van der Waals surface area contributed by atoms with Crippen LogP contribution in [0.2, 0.25) is 0 Å². The fourth-order valence-electron chi connectivity index (χ4n) is 12.4. The van der Waals surface area contributed by atoms with Crippen molar-refractivity contribution in [1.29, 1.82) is 0 Å². The molecule has 2 unspecified atom stereocenters. The minimum atomic E-state index is -4.65. The Morgan fingerprint density at radius 1 is 0.320 bits per heavy atom. The van der Waals surface area contributed by atoms with Gasteiger partial charge in [0.1, 0.15) is 19.8 Å². The van der Waals surface area contributed by atoms with Crippen molar-refractivity contribution in [2.45, 2.75) is 405 Å². The monoisotopic (exact) mass is 1420 g/mol. The molecular weight excluding hydrogens is 1250 g/mol. The van der Waals surface area contributed by atoms with Gasteiger partial charge in [-0.1, -0.05) is 412 Å². The normalized spacial score (nSPS) is 13.5. The zero-order valence-corrected chi connectivity index (χ0v) is 67.3. The molecule has 0 radical (unpaired) electrons. The standard InChI is InChI=1S/C90H162NO8P/c1-6-8-10-12-14-16-18-20-22-24-26-28-30-32-34-36-38-40-42-44-45-47-49-51-53-55-57-59-61-63-65-67-69-71-73-75-77-79-81-83-90(93)99-88(87-98-100(94,95)97-85-84-91(3,4)5)86-96-89(92)82-80-78-76-74-72-70-68-66-64-62-60-58-56-54-52-50-48-46-43-41-39-37-35-33-31-29-27-25-23-21-19-17-15-13-11-9-7-2/h8,10,14,16,20,22,26,28,32,34,38,40,44-45,49,51,55,57,88H,6-7,9,11-13,15,17-19,21,23-25,27,29-31,33,35-37,39,41-43,46-48,50,52-54,56,58-87H2,1-5H3/b10-8-,16-14-,22-20-,28-26-,34-32-,40-38-,45-44-,51-49-,57-55-. The third-order valence-electron chi connectivity index (χ3n) is 18.8. The molecule has 0 amide bonds. The summed E-state index contributed by atoms with van der Waals surface area (Å²) in [6.07, 6.45) is 114. The first-order valence-electron chi connectivity index (χ1n) is 42.6. The number of hydrogen-bond donors (Lipinski definition) is 0. The SMILES string of the molecule is CC/C=C\C/C=C\C/C=C\C/C=C\C/C=C\C/C=C\C/C=C\C/C=C\C/C=C\CCCCCCCCCCCCCC(=O)OC(COC(=O)CCCCCCCCCCCCCCCCCCCCCCCCCCCCCCCCCCCCCCC)COP(=O)([O-])OCC[N+](C)(C)C. The van der Waals surface area contributed by atoms with Crippen LogP contribution < -0.4 is 4.89 Å². The number of likely N-dealkylation sites (N-methyl/N-ethyl adjacent to an activating group) is 1. The molecule has 0 saturated carbocycles. The number of hydrogen-bond acceptors (Lipinski definition) is 8. The highest BCUT2D eigenvalue weighted by atomic mass is 31.2. The van der Waals surface area contributed by atoms with E-state index in [0.717, 1.165) is 103 Å². The molecule has 580 valence electrons. The first-order chi connectivity index (χ1) is 49.0. The summed E-state index contributed by atoms with van der Waals surface area (Å²) in [6.45, 7) is 4.18. The van der Waals surface area contributed by atoms with E-state index in [1.54, 1.807) is 0 Å². The van der Waals surface area contributed by atoms with E-state index in [4.69, 9.17) is 18.5 Å². The molecule has 0 rings (SSSR count). The van der Waals surface area contributed by atoms with Crippen LogP contribution in [0.5, 0.6) is 0 Å². The second kappa shape index (κ2) is 79.8. The number of carbonyl (C=O) groups is 2. The third-order valence-corrected chi connectivity index (χ3v) is 19.8. The lowest BCUT2D eigenvalue weighted by Crippen LogP contribution is -2.37. The molecular formula is C90H162NO8P. The summed E-state index contributed by atoms with van der Waals surface area (Å²) in [7, 11) is 1.17. The number of nitrogens with zero attached hydrogens (tertiary/aromatic N) is 1. The van der Waals surface area contributed by atoms with Gasteiger partial charge in [0.25, 0.3) is 7.82 Å². The number of quaternary nitrogens is 1. The van der Waals surface area contributed by atoms with Gasteiger partial charge in [-0.2, -0.15) is 0 Å². The third kappa shape index (κ3) is 83.6. The quantitative estimate of drug-likeness (QED) is 0.0195. The summed E-state index contributed by atoms with van der Waals surface area (Å²) in [4.78, 5) is 38.2. The largest absolute Gasteiger partial charge is 0.756 e. The van der Waals surface area contributed by atoms with Gasteiger partial charge in [-0.3, -0.25) is 14.2 Å². The Bertz CT molecular complexity index is 2060. The van der Waals surface area contributed by atoms with E-state index in [1.807, 2.05) is 21.1 Å². The van der Waals surface area contributed by atoms with Gasteiger partial charge in [0.15, 0.2) is 6.10 Å². The molecule has 0 bridgehead atoms. The summed E-state index contributed by atoms with van der Waals surface area (Å²) < 4.78 is 34.4. The summed E-state index contributed by atoms with van der Waals surface area (Å²) >= 11 is 0. The van der Waals surface area contributed by atoms with Crippen LogP contribution in [-0.2, 0) is 32.7 Å². The molecule has 10 heteroatoms. The number of allylic oxidation sites excluding steroid dienone is 18. The van der Waals surface area contributed by atoms with Crippen LogP contribution in [0.4, 0.5) is 0 Å². The van der Waals surface area contributed by atoms with Crippen LogP contribution >= 0.6 is 7.82 Å². The van der Waals surface area contributed by atoms with Gasteiger partial charge in [-0.25, -0.2) is 0 Å². The molecule has 0 aliphatic heterocycles. The zero-order valence-electron chi connectivity index (χ0n) is 66.4. The number of ether oxygens (including phenoxy) is 2. The van der Waals surface area contributed by atoms with Gasteiger partial charge >= 0.3 is 11.9 Å². The molecule has 0 aromatic carbocycles. The first-order valence-corrected chi connectivity index (χ1v) is 44.1. The maximum atomic E-state index is 12.9. The second-order valence-electron chi connectivity index (χ2n) is 29.8. The van der Waals surface area contributed by atoms with Crippen LogP contribution in [0, 0.1) is 0 Å². The fraction of sp³-hybridized carbons (Fsp3) is 0.778. The summed E-state index contributed by atoms with van der Waals surface area (Å²) in [5.41, 5.74) is 0. The van der Waals surface area contributed by atoms with E-state index >= 15 is 0 Å². The number of rotatable bonds is 79. The average molecular weight is 1420 g/mol. The van der Waals surface area contributed by atoms with Crippen LogP contribution in [0.1, 0.15) is 399 Å². The highest BCUT2D eigenvalue weighted by Gasteiger charge is 2.22. The van der Waals surface area contributed by atoms with E-state index in [-0.39, 0.29) is 32.0 Å². The highest BCUT2D eigenvalue weighted by Crippen LogP contribution is 2.38. The molecule has 100 heavy (non-hydrogen) atoms. The van der Waals surface area contributed by atoms with E-state index in [2.05, 4.69) is 123 Å². The molecule has 0 spiro atoms. The number of unbranched alkanes of at least 4 members (excludes halogenated alkanes) is 47. The molecule has 0 fully saturated rings. The Kier molecular flexibility index (Phi) is 77.1. The molecule has 0 aliphatic rings. The maximum absolute atomic E-state index is 12.9. The van der Waals surface area contributed by atoms with Gasteiger partial charge in [0.2, 0.25) is 0 Å². The Labute approximate surface area is 620 Å². The van der Waals surface area contributed by atoms with Crippen molar-refractivity contribution in [3.8, 4) is 0 Å². The van der Waals surface area contributed by atoms with Crippen LogP contribution in [-0.4, -0.2) is 70.0 Å². The molecule has 0 aromatic rings. The smallest absolute Gasteiger partial charge is 0.306 e. The van der Waals surface area contributed by atoms with Gasteiger partial charge in [-0.15, -0.1) is 0 Å². The summed E-state index contributed by atoms with van der Waals surface area (Å²) in [5, 5.41) is 0. The van der Waals surface area contributed by atoms with Crippen molar-refractivity contribution in [3.63, 3.8) is 0 Å². The number of esters is 2. The Balaban J connectivity index is 3.95. The Morgan fingerprint density at radius 3 is 0.850 bits per heavy atom. The molecule has 2 atom stereocenters. The average Bonchev–Trinajstić information content (AvgIpc) is 1.07. The summed E-state index contributed by atoms with van der Waals surface area (Å²) in [5.74, 6) is -0.823. The topological polar surface area (TPSA) is 111 Å². The number of phosphoric acid groups is 1. The highest BCUT2D eigenvalue weighted by molar-refractivity contribution is 7.45. The van der Waals surface area contributed by atoms with Crippen molar-refractivity contribution in [2.24, 2.45) is 0 Å².